The molecule has 4 aromatic carbocycles. The highest BCUT2D eigenvalue weighted by Gasteiger charge is 2.28. The van der Waals surface area contributed by atoms with Crippen molar-refractivity contribution in [2.75, 3.05) is 20.8 Å². The molecular formula is C30H33NO3. The first kappa shape index (κ1) is 22.5. The van der Waals surface area contributed by atoms with E-state index in [-0.39, 0.29) is 0 Å². The van der Waals surface area contributed by atoms with E-state index in [1.54, 1.807) is 14.2 Å². The number of fused-ring (bicyclic) bond motifs is 6. The second-order valence-corrected chi connectivity index (χ2v) is 9.02. The summed E-state index contributed by atoms with van der Waals surface area (Å²) in [5.74, 6) is 2.41. The van der Waals surface area contributed by atoms with Gasteiger partial charge in [-0.1, -0.05) is 50.2 Å². The third-order valence-electron chi connectivity index (χ3n) is 7.26. The lowest BCUT2D eigenvalue weighted by Gasteiger charge is -2.37. The Kier molecular flexibility index (Phi) is 6.34. The maximum Gasteiger partial charge on any atom is 0.161 e. The summed E-state index contributed by atoms with van der Waals surface area (Å²) in [5.41, 5.74) is 4.03. The largest absolute Gasteiger partial charge is 0.493 e. The summed E-state index contributed by atoms with van der Waals surface area (Å²) in [6, 6.07) is 21.7. The molecule has 0 radical (unpaired) electrons. The van der Waals surface area contributed by atoms with Crippen molar-refractivity contribution in [1.82, 2.24) is 4.90 Å². The minimum absolute atomic E-state index is 0.550. The molecular weight excluding hydrogens is 422 g/mol. The smallest absolute Gasteiger partial charge is 0.161 e. The Bertz CT molecular complexity index is 1320. The van der Waals surface area contributed by atoms with Crippen molar-refractivity contribution in [3.63, 3.8) is 0 Å². The van der Waals surface area contributed by atoms with Gasteiger partial charge in [-0.2, -0.15) is 0 Å². The Morgan fingerprint density at radius 2 is 1.50 bits per heavy atom. The van der Waals surface area contributed by atoms with Gasteiger partial charge in [0, 0.05) is 12.6 Å². The Balaban J connectivity index is 1.70. The molecule has 1 heterocycles. The van der Waals surface area contributed by atoms with Crippen LogP contribution in [0.4, 0.5) is 0 Å². The maximum absolute atomic E-state index is 6.21. The fourth-order valence-electron chi connectivity index (χ4n) is 5.40. The summed E-state index contributed by atoms with van der Waals surface area (Å²) in [5, 5.41) is 4.95. The minimum Gasteiger partial charge on any atom is -0.493 e. The lowest BCUT2D eigenvalue weighted by atomic mass is 9.84. The summed E-state index contributed by atoms with van der Waals surface area (Å²) in [4.78, 5) is 2.61. The van der Waals surface area contributed by atoms with Gasteiger partial charge in [0.25, 0.3) is 0 Å². The standard InChI is InChI=1S/C30H33NO3/c1-5-21-14-24-26-16-29(32-3)30(33-4)17-27(26)25-15-22(34-19-20-10-8-7-9-11-20)12-13-23(25)28(24)18-31(21)6-2/h7-13,15-17,21H,5-6,14,18-19H2,1-4H3. The molecule has 0 aliphatic carbocycles. The summed E-state index contributed by atoms with van der Waals surface area (Å²) in [6.45, 7) is 7.13. The molecule has 0 amide bonds. The van der Waals surface area contributed by atoms with E-state index in [1.807, 2.05) is 18.2 Å². The van der Waals surface area contributed by atoms with Gasteiger partial charge >= 0.3 is 0 Å². The van der Waals surface area contributed by atoms with Crippen molar-refractivity contribution in [3.8, 4) is 17.2 Å². The van der Waals surface area contributed by atoms with Gasteiger partial charge in [-0.3, -0.25) is 4.90 Å². The molecule has 0 aromatic heterocycles. The molecule has 0 spiro atoms. The van der Waals surface area contributed by atoms with E-state index in [2.05, 4.69) is 61.2 Å². The van der Waals surface area contributed by atoms with E-state index in [0.717, 1.165) is 48.7 Å². The van der Waals surface area contributed by atoms with Crippen LogP contribution in [0.15, 0.2) is 60.7 Å². The predicted octanol–water partition coefficient (Wildman–Crippen LogP) is 6.75. The third-order valence-corrected chi connectivity index (χ3v) is 7.26. The van der Waals surface area contributed by atoms with Crippen LogP contribution in [0.1, 0.15) is 37.0 Å². The summed E-state index contributed by atoms with van der Waals surface area (Å²) < 4.78 is 17.6. The van der Waals surface area contributed by atoms with Crippen LogP contribution in [0.3, 0.4) is 0 Å². The fraction of sp³-hybridized carbons (Fsp3) is 0.333. The van der Waals surface area contributed by atoms with Crippen molar-refractivity contribution in [1.29, 1.82) is 0 Å². The van der Waals surface area contributed by atoms with E-state index in [4.69, 9.17) is 14.2 Å². The molecule has 4 aromatic rings. The molecule has 176 valence electrons. The molecule has 0 saturated carbocycles. The third kappa shape index (κ3) is 3.97. The van der Waals surface area contributed by atoms with E-state index >= 15 is 0 Å². The van der Waals surface area contributed by atoms with Crippen molar-refractivity contribution >= 4 is 21.5 Å². The molecule has 0 saturated heterocycles. The first-order valence-electron chi connectivity index (χ1n) is 12.2. The number of nitrogens with zero attached hydrogens (tertiary/aromatic N) is 1. The van der Waals surface area contributed by atoms with E-state index < -0.39 is 0 Å². The monoisotopic (exact) mass is 455 g/mol. The molecule has 1 aliphatic rings. The molecule has 1 aliphatic heterocycles. The molecule has 4 heteroatoms. The van der Waals surface area contributed by atoms with Gasteiger partial charge in [0.15, 0.2) is 11.5 Å². The Labute approximate surface area is 202 Å². The summed E-state index contributed by atoms with van der Waals surface area (Å²) in [7, 11) is 3.41. The molecule has 0 fully saturated rings. The van der Waals surface area contributed by atoms with Crippen molar-refractivity contribution < 1.29 is 14.2 Å². The van der Waals surface area contributed by atoms with Crippen LogP contribution in [0.25, 0.3) is 21.5 Å². The zero-order valence-electron chi connectivity index (χ0n) is 20.6. The lowest BCUT2D eigenvalue weighted by molar-refractivity contribution is 0.178. The van der Waals surface area contributed by atoms with Crippen LogP contribution in [0.5, 0.6) is 17.2 Å². The molecule has 5 rings (SSSR count). The zero-order chi connectivity index (χ0) is 23.7. The van der Waals surface area contributed by atoms with Gasteiger partial charge in [0.1, 0.15) is 12.4 Å². The van der Waals surface area contributed by atoms with Crippen LogP contribution in [-0.2, 0) is 19.6 Å². The highest BCUT2D eigenvalue weighted by Crippen LogP contribution is 2.43. The minimum atomic E-state index is 0.550. The molecule has 0 bridgehead atoms. The number of ether oxygens (including phenoxy) is 3. The Morgan fingerprint density at radius 3 is 2.18 bits per heavy atom. The molecule has 34 heavy (non-hydrogen) atoms. The van der Waals surface area contributed by atoms with Crippen molar-refractivity contribution in [2.45, 2.75) is 45.9 Å². The molecule has 1 atom stereocenters. The van der Waals surface area contributed by atoms with Gasteiger partial charge in [-0.15, -0.1) is 0 Å². The number of rotatable bonds is 7. The summed E-state index contributed by atoms with van der Waals surface area (Å²) in [6.07, 6.45) is 2.19. The number of likely N-dealkylation sites (N-methyl/N-ethyl adjacent to an activating group) is 1. The van der Waals surface area contributed by atoms with Crippen LogP contribution < -0.4 is 14.2 Å². The highest BCUT2D eigenvalue weighted by molar-refractivity contribution is 6.12. The van der Waals surface area contributed by atoms with Crippen LogP contribution >= 0.6 is 0 Å². The van der Waals surface area contributed by atoms with Crippen LogP contribution in [0, 0.1) is 0 Å². The number of hydrogen-bond donors (Lipinski definition) is 0. The highest BCUT2D eigenvalue weighted by atomic mass is 16.5. The van der Waals surface area contributed by atoms with Crippen molar-refractivity contribution in [3.05, 3.63) is 77.4 Å². The first-order chi connectivity index (χ1) is 16.7. The topological polar surface area (TPSA) is 30.9 Å². The zero-order valence-corrected chi connectivity index (χ0v) is 20.6. The second-order valence-electron chi connectivity index (χ2n) is 9.02. The quantitative estimate of drug-likeness (QED) is 0.289. The Morgan fingerprint density at radius 1 is 0.794 bits per heavy atom. The van der Waals surface area contributed by atoms with Gasteiger partial charge in [-0.05, 0) is 81.9 Å². The van der Waals surface area contributed by atoms with Gasteiger partial charge in [0.2, 0.25) is 0 Å². The van der Waals surface area contributed by atoms with Gasteiger partial charge < -0.3 is 14.2 Å². The average molecular weight is 456 g/mol. The van der Waals surface area contributed by atoms with Crippen LogP contribution in [0.2, 0.25) is 0 Å². The average Bonchev–Trinajstić information content (AvgIpc) is 2.90. The molecule has 0 N–H and O–H groups in total. The second kappa shape index (κ2) is 9.55. The normalized spacial score (nSPS) is 15.9. The SMILES string of the molecule is CCC1Cc2c(c3ccc(OCc4ccccc4)cc3c3cc(OC)c(OC)cc23)CN1CC. The predicted molar refractivity (Wildman–Crippen MR) is 139 cm³/mol. The Hall–Kier alpha value is -3.24. The number of methoxy groups -OCH3 is 2. The fourth-order valence-corrected chi connectivity index (χ4v) is 5.40. The maximum atomic E-state index is 6.21. The van der Waals surface area contributed by atoms with Crippen LogP contribution in [-0.4, -0.2) is 31.7 Å². The van der Waals surface area contributed by atoms with E-state index in [1.165, 1.54) is 32.7 Å². The van der Waals surface area contributed by atoms with Gasteiger partial charge in [0.05, 0.1) is 14.2 Å². The van der Waals surface area contributed by atoms with E-state index in [0.29, 0.717) is 12.6 Å². The summed E-state index contributed by atoms with van der Waals surface area (Å²) >= 11 is 0. The lowest BCUT2D eigenvalue weighted by Crippen LogP contribution is -2.39. The number of benzene rings is 4. The number of hydrogen-bond acceptors (Lipinski definition) is 4. The molecule has 1 unspecified atom stereocenters. The van der Waals surface area contributed by atoms with Gasteiger partial charge in [-0.25, -0.2) is 0 Å². The molecule has 4 nitrogen and oxygen atoms in total. The first-order valence-corrected chi connectivity index (χ1v) is 12.2. The van der Waals surface area contributed by atoms with E-state index in [9.17, 15) is 0 Å². The van der Waals surface area contributed by atoms with Crippen molar-refractivity contribution in [2.24, 2.45) is 0 Å².